The molecule has 0 aliphatic heterocycles. The van der Waals surface area contributed by atoms with Crippen molar-refractivity contribution in [1.29, 1.82) is 0 Å². The van der Waals surface area contributed by atoms with Gasteiger partial charge in [-0.2, -0.15) is 0 Å². The summed E-state index contributed by atoms with van der Waals surface area (Å²) in [7, 11) is 0. The SMILES string of the molecule is C=CC(=O)OCCOc1ccc(C#Cc2ccc3cc(OC(=O)c4ccc5cc(C#Cc6ccc(OCCOC(=O)C=C)cc6)sc5c4)ccc3c2)cc1. The van der Waals surface area contributed by atoms with Crippen LogP contribution in [-0.2, 0) is 19.1 Å². The average Bonchev–Trinajstić information content (AvgIpc) is 3.62. The van der Waals surface area contributed by atoms with Crippen molar-refractivity contribution in [3.05, 3.63) is 162 Å². The lowest BCUT2D eigenvalue weighted by Gasteiger charge is -2.06. The molecular formula is C45H32O8S. The highest BCUT2D eigenvalue weighted by molar-refractivity contribution is 7.19. The van der Waals surface area contributed by atoms with Crippen molar-refractivity contribution in [3.8, 4) is 40.9 Å². The molecule has 0 spiro atoms. The van der Waals surface area contributed by atoms with Crippen LogP contribution in [0.25, 0.3) is 20.9 Å². The van der Waals surface area contributed by atoms with Gasteiger partial charge in [0.25, 0.3) is 0 Å². The van der Waals surface area contributed by atoms with Crippen molar-refractivity contribution in [1.82, 2.24) is 0 Å². The summed E-state index contributed by atoms with van der Waals surface area (Å²) in [5.74, 6) is 13.0. The number of carbonyl (C=O) groups is 3. The number of fused-ring (bicyclic) bond motifs is 2. The second-order valence-electron chi connectivity index (χ2n) is 11.5. The van der Waals surface area contributed by atoms with Gasteiger partial charge in [0.1, 0.15) is 43.7 Å². The first-order chi connectivity index (χ1) is 26.3. The summed E-state index contributed by atoms with van der Waals surface area (Å²) in [5.41, 5.74) is 2.93. The van der Waals surface area contributed by atoms with Crippen molar-refractivity contribution in [2.24, 2.45) is 0 Å². The van der Waals surface area contributed by atoms with Gasteiger partial charge in [0.2, 0.25) is 0 Å². The summed E-state index contributed by atoms with van der Waals surface area (Å²) in [6, 6.07) is 33.5. The summed E-state index contributed by atoms with van der Waals surface area (Å²) < 4.78 is 27.6. The van der Waals surface area contributed by atoms with Crippen molar-refractivity contribution in [2.45, 2.75) is 0 Å². The predicted octanol–water partition coefficient (Wildman–Crippen LogP) is 8.29. The molecule has 9 heteroatoms. The monoisotopic (exact) mass is 732 g/mol. The van der Waals surface area contributed by atoms with Crippen LogP contribution in [0.3, 0.4) is 0 Å². The molecule has 5 aromatic carbocycles. The van der Waals surface area contributed by atoms with E-state index in [1.807, 2.05) is 97.1 Å². The molecule has 0 aliphatic carbocycles. The molecule has 0 bridgehead atoms. The molecule has 266 valence electrons. The molecule has 0 atom stereocenters. The number of thiophene rings is 1. The van der Waals surface area contributed by atoms with Gasteiger partial charge >= 0.3 is 17.9 Å². The molecule has 0 saturated carbocycles. The fourth-order valence-corrected chi connectivity index (χ4v) is 5.97. The Labute approximate surface area is 316 Å². The van der Waals surface area contributed by atoms with Crippen molar-refractivity contribution >= 4 is 50.1 Å². The van der Waals surface area contributed by atoms with E-state index in [1.54, 1.807) is 12.1 Å². The smallest absolute Gasteiger partial charge is 0.343 e. The highest BCUT2D eigenvalue weighted by Gasteiger charge is 2.12. The predicted molar refractivity (Wildman–Crippen MR) is 209 cm³/mol. The molecule has 0 amide bonds. The van der Waals surface area contributed by atoms with E-state index in [1.165, 1.54) is 11.3 Å². The number of hydrogen-bond acceptors (Lipinski definition) is 9. The highest BCUT2D eigenvalue weighted by atomic mass is 32.1. The van der Waals surface area contributed by atoms with E-state index in [0.717, 1.165) is 54.6 Å². The van der Waals surface area contributed by atoms with E-state index in [2.05, 4.69) is 36.8 Å². The van der Waals surface area contributed by atoms with Gasteiger partial charge in [-0.25, -0.2) is 14.4 Å². The van der Waals surface area contributed by atoms with Crippen LogP contribution in [-0.4, -0.2) is 44.3 Å². The van der Waals surface area contributed by atoms with Gasteiger partial charge < -0.3 is 23.7 Å². The molecule has 0 aliphatic rings. The minimum Gasteiger partial charge on any atom is -0.490 e. The molecule has 1 aromatic heterocycles. The zero-order valence-electron chi connectivity index (χ0n) is 29.0. The van der Waals surface area contributed by atoms with Crippen LogP contribution < -0.4 is 14.2 Å². The first kappa shape index (κ1) is 36.7. The van der Waals surface area contributed by atoms with Crippen molar-refractivity contribution in [3.63, 3.8) is 0 Å². The minimum absolute atomic E-state index is 0.137. The van der Waals surface area contributed by atoms with Crippen molar-refractivity contribution < 1.29 is 38.1 Å². The zero-order chi connectivity index (χ0) is 37.7. The minimum atomic E-state index is -0.487. The maximum Gasteiger partial charge on any atom is 0.343 e. The van der Waals surface area contributed by atoms with Crippen LogP contribution in [0.5, 0.6) is 17.2 Å². The molecule has 8 nitrogen and oxygen atoms in total. The quantitative estimate of drug-likeness (QED) is 0.0408. The van der Waals surface area contributed by atoms with Gasteiger partial charge in [0.05, 0.1) is 10.4 Å². The average molecular weight is 733 g/mol. The Morgan fingerprint density at radius 3 is 1.69 bits per heavy atom. The molecule has 0 unspecified atom stereocenters. The maximum atomic E-state index is 13.1. The van der Waals surface area contributed by atoms with Gasteiger partial charge in [0, 0.05) is 33.5 Å². The topological polar surface area (TPSA) is 97.4 Å². The zero-order valence-corrected chi connectivity index (χ0v) is 29.8. The first-order valence-corrected chi connectivity index (χ1v) is 17.5. The Kier molecular flexibility index (Phi) is 12.2. The lowest BCUT2D eigenvalue weighted by atomic mass is 10.1. The van der Waals surface area contributed by atoms with Gasteiger partial charge in [-0.3, -0.25) is 0 Å². The number of rotatable bonds is 12. The summed E-state index contributed by atoms with van der Waals surface area (Å²) in [4.78, 5) is 36.2. The molecule has 0 radical (unpaired) electrons. The Balaban J connectivity index is 1.03. The van der Waals surface area contributed by atoms with E-state index in [4.69, 9.17) is 23.7 Å². The van der Waals surface area contributed by atoms with Gasteiger partial charge in [-0.1, -0.05) is 55.0 Å². The first-order valence-electron chi connectivity index (χ1n) is 16.7. The molecule has 0 fully saturated rings. The van der Waals surface area contributed by atoms with Crippen molar-refractivity contribution in [2.75, 3.05) is 26.4 Å². The Morgan fingerprint density at radius 1 is 0.537 bits per heavy atom. The van der Waals surface area contributed by atoms with Gasteiger partial charge in [-0.05, 0) is 107 Å². The third kappa shape index (κ3) is 10.3. The van der Waals surface area contributed by atoms with Crippen LogP contribution in [0.4, 0.5) is 0 Å². The van der Waals surface area contributed by atoms with E-state index in [9.17, 15) is 14.4 Å². The summed E-state index contributed by atoms with van der Waals surface area (Å²) >= 11 is 1.50. The highest BCUT2D eigenvalue weighted by Crippen LogP contribution is 2.28. The molecule has 6 aromatic rings. The summed E-state index contributed by atoms with van der Waals surface area (Å²) in [6.07, 6.45) is 2.22. The lowest BCUT2D eigenvalue weighted by Crippen LogP contribution is -2.10. The number of benzene rings is 5. The lowest BCUT2D eigenvalue weighted by molar-refractivity contribution is -0.139. The van der Waals surface area contributed by atoms with E-state index in [0.29, 0.717) is 22.8 Å². The molecule has 1 heterocycles. The number of esters is 3. The fourth-order valence-electron chi connectivity index (χ4n) is 5.02. The Bertz CT molecular complexity index is 2470. The summed E-state index contributed by atoms with van der Waals surface area (Å²) in [6.45, 7) is 7.46. The normalized spacial score (nSPS) is 10.2. The van der Waals surface area contributed by atoms with E-state index < -0.39 is 17.9 Å². The number of ether oxygens (including phenoxy) is 5. The van der Waals surface area contributed by atoms with Crippen LogP contribution in [0.2, 0.25) is 0 Å². The van der Waals surface area contributed by atoms with Crippen LogP contribution >= 0.6 is 11.3 Å². The van der Waals surface area contributed by atoms with Crippen LogP contribution in [0, 0.1) is 23.7 Å². The molecule has 54 heavy (non-hydrogen) atoms. The van der Waals surface area contributed by atoms with Gasteiger partial charge in [0.15, 0.2) is 0 Å². The fraction of sp³-hybridized carbons (Fsp3) is 0.0889. The molecular weight excluding hydrogens is 701 g/mol. The van der Waals surface area contributed by atoms with Crippen LogP contribution in [0.1, 0.15) is 31.9 Å². The third-order valence-electron chi connectivity index (χ3n) is 7.69. The Morgan fingerprint density at radius 2 is 1.06 bits per heavy atom. The van der Waals surface area contributed by atoms with Gasteiger partial charge in [-0.15, -0.1) is 11.3 Å². The Hall–Kier alpha value is -7.07. The molecule has 0 saturated heterocycles. The van der Waals surface area contributed by atoms with Crippen LogP contribution in [0.15, 0.2) is 135 Å². The summed E-state index contributed by atoms with van der Waals surface area (Å²) in [5, 5.41) is 2.86. The van der Waals surface area contributed by atoms with E-state index in [-0.39, 0.29) is 26.4 Å². The third-order valence-corrected chi connectivity index (χ3v) is 8.71. The second-order valence-corrected chi connectivity index (χ2v) is 12.5. The van der Waals surface area contributed by atoms with E-state index >= 15 is 0 Å². The largest absolute Gasteiger partial charge is 0.490 e. The second kappa shape index (κ2) is 17.9. The number of carbonyl (C=O) groups excluding carboxylic acids is 3. The maximum absolute atomic E-state index is 13.1. The standard InChI is InChI=1S/C45H32O8S/c1-3-43(46)51-25-23-49-38-17-8-31(9-18-38)5-6-33-7-13-35-28-40(21-16-34(35)27-33)53-45(48)37-15-14-36-29-41(54-42(36)30-37)22-12-32-10-19-39(20-11-32)50-24-26-52-44(47)4-2/h3-4,7-11,13-21,27-30H,1-2,23-26H2. The molecule has 6 rings (SSSR count). The number of hydrogen-bond donors (Lipinski definition) is 0. The molecule has 0 N–H and O–H groups in total.